The van der Waals surface area contributed by atoms with E-state index in [1.807, 2.05) is 19.1 Å². The first-order valence-corrected chi connectivity index (χ1v) is 7.68. The highest BCUT2D eigenvalue weighted by Crippen LogP contribution is 2.24. The quantitative estimate of drug-likeness (QED) is 0.667. The summed E-state index contributed by atoms with van der Waals surface area (Å²) in [5.74, 6) is 1.01. The molecule has 0 heterocycles. The van der Waals surface area contributed by atoms with Crippen molar-refractivity contribution in [3.8, 4) is 5.75 Å². The Bertz CT molecular complexity index is 358. The molecule has 1 N–H and O–H groups in total. The molecule has 0 aliphatic carbocycles. The van der Waals surface area contributed by atoms with Gasteiger partial charge in [0.1, 0.15) is 5.75 Å². The fraction of sp³-hybridized carbons (Fsp3) is 0.600. The third-order valence-electron chi connectivity index (χ3n) is 2.86. The van der Waals surface area contributed by atoms with E-state index in [9.17, 15) is 0 Å². The van der Waals surface area contributed by atoms with Gasteiger partial charge in [0.15, 0.2) is 0 Å². The SMILES string of the molecule is CCOc1ccc(Br)cc1CCCCNCCOC. The fourth-order valence-corrected chi connectivity index (χ4v) is 2.31. The van der Waals surface area contributed by atoms with Crippen molar-refractivity contribution in [2.45, 2.75) is 26.2 Å². The normalized spacial score (nSPS) is 10.7. The van der Waals surface area contributed by atoms with Crippen LogP contribution in [0, 0.1) is 0 Å². The summed E-state index contributed by atoms with van der Waals surface area (Å²) < 4.78 is 11.8. The van der Waals surface area contributed by atoms with Crippen LogP contribution in [-0.2, 0) is 11.2 Å². The van der Waals surface area contributed by atoms with Gasteiger partial charge in [-0.3, -0.25) is 0 Å². The summed E-state index contributed by atoms with van der Waals surface area (Å²) in [6.45, 7) is 5.48. The molecule has 4 heteroatoms. The van der Waals surface area contributed by atoms with E-state index in [2.05, 4.69) is 27.3 Å². The first kappa shape index (κ1) is 16.5. The van der Waals surface area contributed by atoms with Crippen LogP contribution in [-0.4, -0.2) is 33.4 Å². The lowest BCUT2D eigenvalue weighted by Crippen LogP contribution is -2.20. The van der Waals surface area contributed by atoms with E-state index >= 15 is 0 Å². The van der Waals surface area contributed by atoms with Crippen molar-refractivity contribution in [3.63, 3.8) is 0 Å². The topological polar surface area (TPSA) is 30.5 Å². The van der Waals surface area contributed by atoms with Gasteiger partial charge in [0, 0.05) is 18.1 Å². The maximum Gasteiger partial charge on any atom is 0.122 e. The summed E-state index contributed by atoms with van der Waals surface area (Å²) in [5.41, 5.74) is 1.29. The van der Waals surface area contributed by atoms with Gasteiger partial charge in [-0.15, -0.1) is 0 Å². The van der Waals surface area contributed by atoms with Gasteiger partial charge >= 0.3 is 0 Å². The summed E-state index contributed by atoms with van der Waals surface area (Å²) >= 11 is 3.52. The lowest BCUT2D eigenvalue weighted by Gasteiger charge is -2.11. The molecule has 0 saturated carbocycles. The second-order valence-electron chi connectivity index (χ2n) is 4.38. The Kier molecular flexibility index (Phi) is 8.88. The van der Waals surface area contributed by atoms with Gasteiger partial charge in [-0.2, -0.15) is 0 Å². The van der Waals surface area contributed by atoms with Crippen LogP contribution in [0.2, 0.25) is 0 Å². The molecule has 0 bridgehead atoms. The maximum atomic E-state index is 5.65. The van der Waals surface area contributed by atoms with Crippen molar-refractivity contribution in [2.75, 3.05) is 33.4 Å². The number of methoxy groups -OCH3 is 1. The molecule has 1 rings (SSSR count). The van der Waals surface area contributed by atoms with E-state index < -0.39 is 0 Å². The molecule has 3 nitrogen and oxygen atoms in total. The molecule has 0 atom stereocenters. The van der Waals surface area contributed by atoms with Crippen LogP contribution >= 0.6 is 15.9 Å². The minimum Gasteiger partial charge on any atom is -0.494 e. The van der Waals surface area contributed by atoms with Gasteiger partial charge in [0.2, 0.25) is 0 Å². The molecule has 0 aliphatic heterocycles. The number of nitrogens with one attached hydrogen (secondary N) is 1. The number of hydrogen-bond acceptors (Lipinski definition) is 3. The van der Waals surface area contributed by atoms with Crippen molar-refractivity contribution in [3.05, 3.63) is 28.2 Å². The zero-order valence-electron chi connectivity index (χ0n) is 11.9. The van der Waals surface area contributed by atoms with Crippen LogP contribution in [0.25, 0.3) is 0 Å². The van der Waals surface area contributed by atoms with Crippen molar-refractivity contribution in [2.24, 2.45) is 0 Å². The zero-order chi connectivity index (χ0) is 13.9. The summed E-state index contributed by atoms with van der Waals surface area (Å²) in [6, 6.07) is 6.23. The van der Waals surface area contributed by atoms with Gasteiger partial charge in [-0.1, -0.05) is 15.9 Å². The molecule has 0 saturated heterocycles. The third-order valence-corrected chi connectivity index (χ3v) is 3.35. The predicted octanol–water partition coefficient (Wildman–Crippen LogP) is 3.41. The van der Waals surface area contributed by atoms with E-state index in [0.29, 0.717) is 6.61 Å². The molecule has 1 aromatic rings. The Labute approximate surface area is 124 Å². The molecule has 0 unspecified atom stereocenters. The Morgan fingerprint density at radius 1 is 1.21 bits per heavy atom. The van der Waals surface area contributed by atoms with Crippen LogP contribution in [0.5, 0.6) is 5.75 Å². The minimum absolute atomic E-state index is 0.715. The molecular formula is C15H24BrNO2. The summed E-state index contributed by atoms with van der Waals surface area (Å²) in [6.07, 6.45) is 3.39. The van der Waals surface area contributed by atoms with Crippen LogP contribution in [0.3, 0.4) is 0 Å². The van der Waals surface area contributed by atoms with Gasteiger partial charge in [0.05, 0.1) is 13.2 Å². The second kappa shape index (κ2) is 10.2. The van der Waals surface area contributed by atoms with Crippen LogP contribution in [0.4, 0.5) is 0 Å². The number of rotatable bonds is 10. The number of halogens is 1. The molecule has 108 valence electrons. The molecule has 0 fully saturated rings. The molecule has 1 aromatic carbocycles. The van der Waals surface area contributed by atoms with Crippen molar-refractivity contribution < 1.29 is 9.47 Å². The first-order valence-electron chi connectivity index (χ1n) is 6.88. The standard InChI is InChI=1S/C15H24BrNO2/c1-3-19-15-8-7-14(16)12-13(15)6-4-5-9-17-10-11-18-2/h7-8,12,17H,3-6,9-11H2,1-2H3. The molecule has 19 heavy (non-hydrogen) atoms. The Morgan fingerprint density at radius 3 is 2.79 bits per heavy atom. The van der Waals surface area contributed by atoms with Crippen LogP contribution < -0.4 is 10.1 Å². The number of hydrogen-bond donors (Lipinski definition) is 1. The summed E-state index contributed by atoms with van der Waals surface area (Å²) in [7, 11) is 1.73. The van der Waals surface area contributed by atoms with Crippen LogP contribution in [0.1, 0.15) is 25.3 Å². The molecule has 0 radical (unpaired) electrons. The van der Waals surface area contributed by atoms with Gasteiger partial charge < -0.3 is 14.8 Å². The summed E-state index contributed by atoms with van der Waals surface area (Å²) in [4.78, 5) is 0. The number of ether oxygens (including phenoxy) is 2. The van der Waals surface area contributed by atoms with Crippen molar-refractivity contribution in [1.82, 2.24) is 5.32 Å². The smallest absolute Gasteiger partial charge is 0.122 e. The lowest BCUT2D eigenvalue weighted by molar-refractivity contribution is 0.199. The van der Waals surface area contributed by atoms with Crippen LogP contribution in [0.15, 0.2) is 22.7 Å². The molecule has 0 aromatic heterocycles. The van der Waals surface area contributed by atoms with E-state index in [0.717, 1.165) is 42.8 Å². The highest BCUT2D eigenvalue weighted by molar-refractivity contribution is 9.10. The Morgan fingerprint density at radius 2 is 2.05 bits per heavy atom. The zero-order valence-corrected chi connectivity index (χ0v) is 13.5. The van der Waals surface area contributed by atoms with Crippen molar-refractivity contribution in [1.29, 1.82) is 0 Å². The number of aryl methyl sites for hydroxylation is 1. The van der Waals surface area contributed by atoms with Gasteiger partial charge in [-0.25, -0.2) is 0 Å². The first-order chi connectivity index (χ1) is 9.27. The average molecular weight is 330 g/mol. The fourth-order valence-electron chi connectivity index (χ4n) is 1.90. The van der Waals surface area contributed by atoms with Crippen molar-refractivity contribution >= 4 is 15.9 Å². The van der Waals surface area contributed by atoms with E-state index in [-0.39, 0.29) is 0 Å². The molecular weight excluding hydrogens is 306 g/mol. The second-order valence-corrected chi connectivity index (χ2v) is 5.30. The number of benzene rings is 1. The minimum atomic E-state index is 0.715. The molecule has 0 spiro atoms. The molecule has 0 aliphatic rings. The molecule has 0 amide bonds. The van der Waals surface area contributed by atoms with Gasteiger partial charge in [0.25, 0.3) is 0 Å². The van der Waals surface area contributed by atoms with E-state index in [4.69, 9.17) is 9.47 Å². The largest absolute Gasteiger partial charge is 0.494 e. The third kappa shape index (κ3) is 6.95. The van der Waals surface area contributed by atoms with Gasteiger partial charge in [-0.05, 0) is 56.5 Å². The average Bonchev–Trinajstić information content (AvgIpc) is 2.41. The van der Waals surface area contributed by atoms with E-state index in [1.165, 1.54) is 12.0 Å². The predicted molar refractivity (Wildman–Crippen MR) is 83.0 cm³/mol. The maximum absolute atomic E-state index is 5.65. The summed E-state index contributed by atoms with van der Waals surface area (Å²) in [5, 5.41) is 3.36. The number of unbranched alkanes of at least 4 members (excludes halogenated alkanes) is 1. The Balaban J connectivity index is 2.29. The monoisotopic (exact) mass is 329 g/mol. The Hall–Kier alpha value is -0.580. The lowest BCUT2D eigenvalue weighted by atomic mass is 10.1. The highest BCUT2D eigenvalue weighted by Gasteiger charge is 2.04. The van der Waals surface area contributed by atoms with E-state index in [1.54, 1.807) is 7.11 Å². The highest BCUT2D eigenvalue weighted by atomic mass is 79.9.